The highest BCUT2D eigenvalue weighted by atomic mass is 35.5. The van der Waals surface area contributed by atoms with Gasteiger partial charge in [0.25, 0.3) is 5.91 Å². The van der Waals surface area contributed by atoms with Gasteiger partial charge in [0.05, 0.1) is 24.2 Å². The zero-order valence-corrected chi connectivity index (χ0v) is 24.9. The molecule has 0 saturated heterocycles. The molecule has 0 aromatic heterocycles. The number of hydrogen-bond donors (Lipinski definition) is 2. The van der Waals surface area contributed by atoms with E-state index in [-0.39, 0.29) is 16.7 Å². The van der Waals surface area contributed by atoms with E-state index in [1.807, 2.05) is 6.07 Å². The van der Waals surface area contributed by atoms with Crippen LogP contribution in [0.5, 0.6) is 5.75 Å². The Bertz CT molecular complexity index is 1430. The predicted octanol–water partition coefficient (Wildman–Crippen LogP) is 5.41. The van der Waals surface area contributed by atoms with Gasteiger partial charge in [0.2, 0.25) is 10.0 Å². The van der Waals surface area contributed by atoms with Crippen LogP contribution in [0.3, 0.4) is 0 Å². The number of carbonyl (C=O) groups excluding carboxylic acids is 1. The molecule has 220 valence electrons. The van der Waals surface area contributed by atoms with Gasteiger partial charge in [-0.2, -0.15) is 0 Å². The molecule has 2 aromatic carbocycles. The Morgan fingerprint density at radius 1 is 1.20 bits per heavy atom. The third kappa shape index (κ3) is 6.50. The summed E-state index contributed by atoms with van der Waals surface area (Å²) in [6, 6.07) is 11.3. The maximum atomic E-state index is 13.0. The van der Waals surface area contributed by atoms with E-state index in [0.717, 1.165) is 55.8 Å². The number of halogens is 1. The number of rotatable bonds is 10. The van der Waals surface area contributed by atoms with E-state index in [2.05, 4.69) is 34.9 Å². The minimum absolute atomic E-state index is 0.253. The third-order valence-electron chi connectivity index (χ3n) is 8.93. The molecule has 5 rings (SSSR count). The molecule has 9 heteroatoms. The lowest BCUT2D eigenvalue weighted by Crippen LogP contribution is -2.48. The van der Waals surface area contributed by atoms with Crippen LogP contribution in [-0.2, 0) is 21.9 Å². The van der Waals surface area contributed by atoms with Crippen LogP contribution < -0.4 is 14.4 Å². The van der Waals surface area contributed by atoms with Crippen LogP contribution >= 0.6 is 11.6 Å². The van der Waals surface area contributed by atoms with Crippen molar-refractivity contribution in [3.8, 4) is 5.75 Å². The number of nitrogens with one attached hydrogen (secondary N) is 1. The summed E-state index contributed by atoms with van der Waals surface area (Å²) in [5, 5.41) is 11.2. The van der Waals surface area contributed by atoms with Crippen molar-refractivity contribution in [3.05, 3.63) is 83.4 Å². The molecular formula is C32H39ClN2O5S. The first-order valence-corrected chi connectivity index (χ1v) is 16.4. The second-order valence-electron chi connectivity index (χ2n) is 11.8. The van der Waals surface area contributed by atoms with Gasteiger partial charge in [-0.25, -0.2) is 13.1 Å². The maximum Gasteiger partial charge on any atom is 0.264 e. The van der Waals surface area contributed by atoms with Gasteiger partial charge in [0, 0.05) is 29.1 Å². The summed E-state index contributed by atoms with van der Waals surface area (Å²) in [7, 11) is -3.82. The minimum Gasteiger partial charge on any atom is -0.490 e. The molecule has 1 amide bonds. The highest BCUT2D eigenvalue weighted by Crippen LogP contribution is 2.46. The molecule has 0 radical (unpaired) electrons. The molecule has 1 fully saturated rings. The summed E-state index contributed by atoms with van der Waals surface area (Å²) in [5.41, 5.74) is 3.29. The second kappa shape index (κ2) is 12.2. The van der Waals surface area contributed by atoms with Crippen LogP contribution in [0, 0.1) is 11.8 Å². The molecular weight excluding hydrogens is 560 g/mol. The van der Waals surface area contributed by atoms with E-state index >= 15 is 0 Å². The molecule has 2 N–H and O–H groups in total. The van der Waals surface area contributed by atoms with E-state index in [1.165, 1.54) is 17.2 Å². The lowest BCUT2D eigenvalue weighted by Gasteiger charge is -2.45. The molecule has 7 nitrogen and oxygen atoms in total. The average Bonchev–Trinajstić information content (AvgIpc) is 3.06. The molecule has 2 aromatic rings. The Hall–Kier alpha value is -2.81. The van der Waals surface area contributed by atoms with E-state index in [1.54, 1.807) is 24.3 Å². The summed E-state index contributed by atoms with van der Waals surface area (Å²) < 4.78 is 33.2. The van der Waals surface area contributed by atoms with Crippen LogP contribution in [0.1, 0.15) is 60.0 Å². The summed E-state index contributed by atoms with van der Waals surface area (Å²) in [6.45, 7) is 9.18. The number of nitrogens with zero attached hydrogens (tertiary/aromatic N) is 1. The van der Waals surface area contributed by atoms with Gasteiger partial charge >= 0.3 is 0 Å². The normalized spacial score (nSPS) is 24.2. The molecule has 1 saturated carbocycles. The van der Waals surface area contributed by atoms with Crippen molar-refractivity contribution in [1.82, 2.24) is 4.72 Å². The number of aliphatic hydroxyl groups excluding tert-OH is 1. The van der Waals surface area contributed by atoms with E-state index in [4.69, 9.17) is 16.3 Å². The molecule has 0 bridgehead atoms. The second-order valence-corrected chi connectivity index (χ2v) is 14.0. The molecule has 41 heavy (non-hydrogen) atoms. The van der Waals surface area contributed by atoms with Crippen molar-refractivity contribution < 1.29 is 23.1 Å². The smallest absolute Gasteiger partial charge is 0.264 e. The Labute approximate surface area is 248 Å². The zero-order chi connectivity index (χ0) is 29.2. The number of amides is 1. The van der Waals surface area contributed by atoms with Crippen molar-refractivity contribution in [1.29, 1.82) is 0 Å². The zero-order valence-electron chi connectivity index (χ0n) is 23.4. The fraction of sp³-hybridized carbons (Fsp3) is 0.469. The van der Waals surface area contributed by atoms with Crippen LogP contribution in [0.4, 0.5) is 5.69 Å². The Morgan fingerprint density at radius 3 is 2.73 bits per heavy atom. The summed E-state index contributed by atoms with van der Waals surface area (Å²) in [4.78, 5) is 15.3. The number of benzene rings is 2. The molecule has 4 atom stereocenters. The molecule has 1 unspecified atom stereocenters. The van der Waals surface area contributed by atoms with Crippen LogP contribution in [0.25, 0.3) is 0 Å². The van der Waals surface area contributed by atoms with Crippen molar-refractivity contribution >= 4 is 33.2 Å². The van der Waals surface area contributed by atoms with Crippen molar-refractivity contribution in [2.45, 2.75) is 56.5 Å². The first kappa shape index (κ1) is 29.7. The van der Waals surface area contributed by atoms with Gasteiger partial charge in [-0.15, -0.1) is 13.2 Å². The molecule has 1 spiro atoms. The first-order chi connectivity index (χ1) is 19.6. The quantitative estimate of drug-likeness (QED) is 0.355. The van der Waals surface area contributed by atoms with Gasteiger partial charge < -0.3 is 14.7 Å². The lowest BCUT2D eigenvalue weighted by atomic mass is 9.68. The lowest BCUT2D eigenvalue weighted by molar-refractivity contribution is 0.0801. The van der Waals surface area contributed by atoms with Gasteiger partial charge in [0.1, 0.15) is 5.75 Å². The van der Waals surface area contributed by atoms with Crippen molar-refractivity contribution in [2.75, 3.05) is 30.3 Å². The molecule has 2 aliphatic carbocycles. The molecule has 1 heterocycles. The van der Waals surface area contributed by atoms with Crippen LogP contribution in [-0.4, -0.2) is 51.0 Å². The monoisotopic (exact) mass is 598 g/mol. The SMILES string of the molecule is C=CC[C@@H](O)C[C@@H]1CC[C@H]1CN1CC2(CCCc3cc(Cl)ccc32)COc2ccc(C(=O)NS(=O)(=O)CC=C)cc21. The first-order valence-electron chi connectivity index (χ1n) is 14.4. The highest BCUT2D eigenvalue weighted by molar-refractivity contribution is 7.90. The maximum absolute atomic E-state index is 13.0. The van der Waals surface area contributed by atoms with Crippen LogP contribution in [0.2, 0.25) is 5.02 Å². The largest absolute Gasteiger partial charge is 0.490 e. The number of ether oxygens (including phenoxy) is 1. The van der Waals surface area contributed by atoms with Crippen LogP contribution in [0.15, 0.2) is 61.7 Å². The van der Waals surface area contributed by atoms with Crippen molar-refractivity contribution in [2.24, 2.45) is 11.8 Å². The van der Waals surface area contributed by atoms with E-state index in [9.17, 15) is 18.3 Å². The predicted molar refractivity (Wildman–Crippen MR) is 163 cm³/mol. The minimum atomic E-state index is -3.82. The standard InChI is InChI=1S/C32H39ClN2O5S/c1-3-6-27(36)17-22-8-9-25(22)19-35-20-32(14-5-7-23-16-26(33)11-12-28(23)32)21-40-30-13-10-24(18-29(30)35)31(37)34-41(38,39)15-4-2/h3-4,10-13,16,18,22,25,27,36H,1-2,5-9,14-15,17,19-21H2,(H,34,37)/t22-,25-,27+,32?/m0/s1. The van der Waals surface area contributed by atoms with Gasteiger partial charge in [0.15, 0.2) is 0 Å². The average molecular weight is 599 g/mol. The third-order valence-corrected chi connectivity index (χ3v) is 10.3. The van der Waals surface area contributed by atoms with E-state index < -0.39 is 22.0 Å². The fourth-order valence-corrected chi connectivity index (χ4v) is 7.75. The number of carbonyl (C=O) groups is 1. The highest BCUT2D eigenvalue weighted by Gasteiger charge is 2.43. The topological polar surface area (TPSA) is 95.9 Å². The number of anilines is 1. The number of hydrogen-bond acceptors (Lipinski definition) is 6. The van der Waals surface area contributed by atoms with Gasteiger partial charge in [-0.1, -0.05) is 29.8 Å². The molecule has 1 aliphatic heterocycles. The Kier molecular flexibility index (Phi) is 8.83. The number of aliphatic hydroxyl groups is 1. The number of sulfonamides is 1. The van der Waals surface area contributed by atoms with E-state index in [0.29, 0.717) is 37.2 Å². The number of aryl methyl sites for hydroxylation is 1. The number of fused-ring (bicyclic) bond motifs is 3. The summed E-state index contributed by atoms with van der Waals surface area (Å²) >= 11 is 6.37. The summed E-state index contributed by atoms with van der Waals surface area (Å²) in [6.07, 6.45) is 9.04. The Balaban J connectivity index is 1.49. The fourth-order valence-electron chi connectivity index (χ4n) is 6.76. The summed E-state index contributed by atoms with van der Waals surface area (Å²) in [5.74, 6) is 0.444. The molecule has 3 aliphatic rings. The van der Waals surface area contributed by atoms with Gasteiger partial charge in [-0.05, 0) is 98.2 Å². The van der Waals surface area contributed by atoms with Gasteiger partial charge in [-0.3, -0.25) is 4.79 Å². The van der Waals surface area contributed by atoms with Crippen molar-refractivity contribution in [3.63, 3.8) is 0 Å². The Morgan fingerprint density at radius 2 is 2.00 bits per heavy atom.